The van der Waals surface area contributed by atoms with E-state index in [-0.39, 0.29) is 37.8 Å². The van der Waals surface area contributed by atoms with E-state index in [0.717, 1.165) is 4.90 Å². The van der Waals surface area contributed by atoms with E-state index in [1.165, 1.54) is 0 Å². The van der Waals surface area contributed by atoms with Crippen molar-refractivity contribution < 1.29 is 32.4 Å². The lowest BCUT2D eigenvalue weighted by Crippen LogP contribution is -2.46. The van der Waals surface area contributed by atoms with E-state index >= 15 is 0 Å². The van der Waals surface area contributed by atoms with Crippen LogP contribution in [0.25, 0.3) is 0 Å². The third kappa shape index (κ3) is 7.40. The summed E-state index contributed by atoms with van der Waals surface area (Å²) in [6, 6.07) is 0.597. The molecule has 0 aromatic heterocycles. The Morgan fingerprint density at radius 2 is 1.58 bits per heavy atom. The molecule has 0 spiro atoms. The first kappa shape index (κ1) is 22.5. The van der Waals surface area contributed by atoms with Crippen LogP contribution in [-0.4, -0.2) is 71.1 Å². The Balaban J connectivity index is 2.25. The van der Waals surface area contributed by atoms with Gasteiger partial charge in [0.2, 0.25) is 11.8 Å². The number of alkyl carbamates (subject to hydrolysis) is 1. The minimum Gasteiger partial charge on any atom is -0.448 e. The third-order valence-corrected chi connectivity index (χ3v) is 6.88. The van der Waals surface area contributed by atoms with Gasteiger partial charge in [0.05, 0.1) is 6.54 Å². The summed E-state index contributed by atoms with van der Waals surface area (Å²) in [5.41, 5.74) is 0. The largest absolute Gasteiger partial charge is 0.500 e. The Morgan fingerprint density at radius 3 is 2.08 bits per heavy atom. The van der Waals surface area contributed by atoms with Crippen molar-refractivity contribution in [3.05, 3.63) is 0 Å². The van der Waals surface area contributed by atoms with Gasteiger partial charge >= 0.3 is 14.9 Å². The Bertz CT molecular complexity index is 442. The van der Waals surface area contributed by atoms with Crippen molar-refractivity contribution in [1.29, 1.82) is 0 Å². The fraction of sp³-hybridized carbons (Fsp3) is 0.812. The number of amides is 3. The number of imide groups is 1. The number of nitrogens with one attached hydrogen (secondary N) is 1. The SMILES string of the molecule is CCO[Si](CCCNC(=O)OCCN1C(=O)CCC1=O)(OCC)OCC. The lowest BCUT2D eigenvalue weighted by Gasteiger charge is -2.28. The van der Waals surface area contributed by atoms with Gasteiger partial charge in [0.1, 0.15) is 6.61 Å². The van der Waals surface area contributed by atoms with Crippen molar-refractivity contribution >= 4 is 26.7 Å². The molecule has 3 amide bonds. The van der Waals surface area contributed by atoms with Crippen molar-refractivity contribution in [1.82, 2.24) is 10.2 Å². The molecular formula is C16H30N2O7Si. The molecule has 26 heavy (non-hydrogen) atoms. The topological polar surface area (TPSA) is 103 Å². The van der Waals surface area contributed by atoms with Gasteiger partial charge in [-0.15, -0.1) is 0 Å². The number of hydrogen-bond acceptors (Lipinski definition) is 7. The maximum Gasteiger partial charge on any atom is 0.500 e. The molecule has 150 valence electrons. The highest BCUT2D eigenvalue weighted by Crippen LogP contribution is 2.17. The number of carbonyl (C=O) groups excluding carboxylic acids is 3. The summed E-state index contributed by atoms with van der Waals surface area (Å²) in [5.74, 6) is -0.439. The zero-order valence-corrected chi connectivity index (χ0v) is 16.9. The second-order valence-electron chi connectivity index (χ2n) is 5.59. The van der Waals surface area contributed by atoms with Gasteiger partial charge in [-0.1, -0.05) is 0 Å². The van der Waals surface area contributed by atoms with Gasteiger partial charge in [0, 0.05) is 45.3 Å². The summed E-state index contributed by atoms with van der Waals surface area (Å²) in [6.07, 6.45) is 0.511. The molecule has 0 radical (unpaired) electrons. The summed E-state index contributed by atoms with van der Waals surface area (Å²) < 4.78 is 22.2. The van der Waals surface area contributed by atoms with Crippen LogP contribution in [-0.2, 0) is 27.6 Å². The molecule has 0 unspecified atom stereocenters. The minimum absolute atomic E-state index is 0.0150. The molecule has 1 rings (SSSR count). The minimum atomic E-state index is -2.70. The van der Waals surface area contributed by atoms with E-state index in [9.17, 15) is 14.4 Å². The quantitative estimate of drug-likeness (QED) is 0.287. The van der Waals surface area contributed by atoms with Crippen LogP contribution in [0, 0.1) is 0 Å². The van der Waals surface area contributed by atoms with Crippen LogP contribution in [0.4, 0.5) is 4.79 Å². The number of ether oxygens (including phenoxy) is 1. The highest BCUT2D eigenvalue weighted by atomic mass is 28.4. The van der Waals surface area contributed by atoms with Gasteiger partial charge < -0.3 is 23.3 Å². The molecule has 0 aromatic carbocycles. The maximum atomic E-state index is 11.7. The zero-order chi connectivity index (χ0) is 19.4. The van der Waals surface area contributed by atoms with Gasteiger partial charge in [0.15, 0.2) is 0 Å². The molecule has 9 nitrogen and oxygen atoms in total. The first-order valence-electron chi connectivity index (χ1n) is 9.13. The zero-order valence-electron chi connectivity index (χ0n) is 15.9. The van der Waals surface area contributed by atoms with Crippen LogP contribution < -0.4 is 5.32 Å². The Kier molecular flexibility index (Phi) is 10.4. The molecule has 0 atom stereocenters. The number of likely N-dealkylation sites (tertiary alicyclic amines) is 1. The number of nitrogens with zero attached hydrogens (tertiary/aromatic N) is 1. The third-order valence-electron chi connectivity index (χ3n) is 3.72. The van der Waals surface area contributed by atoms with Crippen molar-refractivity contribution in [3.63, 3.8) is 0 Å². The summed E-state index contributed by atoms with van der Waals surface area (Å²) in [7, 11) is -2.70. The van der Waals surface area contributed by atoms with E-state index in [2.05, 4.69) is 5.32 Å². The molecule has 1 fully saturated rings. The number of hydrogen-bond donors (Lipinski definition) is 1. The van der Waals surface area contributed by atoms with Crippen molar-refractivity contribution in [3.8, 4) is 0 Å². The van der Waals surface area contributed by atoms with E-state index in [1.54, 1.807) is 0 Å². The summed E-state index contributed by atoms with van der Waals surface area (Å²) in [4.78, 5) is 35.7. The molecular weight excluding hydrogens is 360 g/mol. The highest BCUT2D eigenvalue weighted by molar-refractivity contribution is 6.60. The second kappa shape index (κ2) is 12.0. The van der Waals surface area contributed by atoms with E-state index < -0.39 is 14.9 Å². The lowest BCUT2D eigenvalue weighted by atomic mass is 10.4. The first-order valence-corrected chi connectivity index (χ1v) is 11.1. The molecule has 0 aromatic rings. The summed E-state index contributed by atoms with van der Waals surface area (Å²) in [6.45, 7) is 7.68. The second-order valence-corrected chi connectivity index (χ2v) is 8.32. The van der Waals surface area contributed by atoms with Crippen LogP contribution in [0.1, 0.15) is 40.0 Å². The summed E-state index contributed by atoms with van der Waals surface area (Å²) in [5, 5.41) is 2.64. The van der Waals surface area contributed by atoms with Gasteiger partial charge in [-0.2, -0.15) is 0 Å². The van der Waals surface area contributed by atoms with Crippen LogP contribution in [0.2, 0.25) is 6.04 Å². The molecule has 1 saturated heterocycles. The maximum absolute atomic E-state index is 11.7. The van der Waals surface area contributed by atoms with Crippen LogP contribution >= 0.6 is 0 Å². The lowest BCUT2D eigenvalue weighted by molar-refractivity contribution is -0.138. The highest BCUT2D eigenvalue weighted by Gasteiger charge is 2.39. The Labute approximate surface area is 155 Å². The van der Waals surface area contributed by atoms with Crippen LogP contribution in [0.15, 0.2) is 0 Å². The molecule has 1 N–H and O–H groups in total. The fourth-order valence-electron chi connectivity index (χ4n) is 2.65. The normalized spacial score (nSPS) is 14.8. The average molecular weight is 391 g/mol. The van der Waals surface area contributed by atoms with Gasteiger partial charge in [-0.25, -0.2) is 4.79 Å². The molecule has 1 aliphatic rings. The molecule has 0 saturated carbocycles. The number of rotatable bonds is 13. The number of carbonyl (C=O) groups is 3. The van der Waals surface area contributed by atoms with Crippen molar-refractivity contribution in [2.24, 2.45) is 0 Å². The average Bonchev–Trinajstić information content (AvgIpc) is 2.91. The monoisotopic (exact) mass is 390 g/mol. The Morgan fingerprint density at radius 1 is 1.04 bits per heavy atom. The predicted octanol–water partition coefficient (Wildman–Crippen LogP) is 1.30. The predicted molar refractivity (Wildman–Crippen MR) is 95.4 cm³/mol. The van der Waals surface area contributed by atoms with Gasteiger partial charge in [-0.3, -0.25) is 14.5 Å². The van der Waals surface area contributed by atoms with Gasteiger partial charge in [-0.05, 0) is 27.2 Å². The van der Waals surface area contributed by atoms with Crippen molar-refractivity contribution in [2.45, 2.75) is 46.1 Å². The molecule has 1 heterocycles. The van der Waals surface area contributed by atoms with E-state index in [4.69, 9.17) is 18.0 Å². The van der Waals surface area contributed by atoms with E-state index in [0.29, 0.717) is 38.8 Å². The molecule has 0 aliphatic carbocycles. The van der Waals surface area contributed by atoms with Crippen LogP contribution in [0.3, 0.4) is 0 Å². The van der Waals surface area contributed by atoms with E-state index in [1.807, 2.05) is 20.8 Å². The first-order chi connectivity index (χ1) is 12.5. The Hall–Kier alpha value is -1.49. The molecule has 0 bridgehead atoms. The standard InChI is InChI=1S/C16H30N2O7Si/c1-4-23-26(24-5-2,25-6-3)13-7-10-17-16(21)22-12-11-18-14(19)8-9-15(18)20/h4-13H2,1-3H3,(H,17,21). The van der Waals surface area contributed by atoms with Gasteiger partial charge in [0.25, 0.3) is 0 Å². The molecule has 1 aliphatic heterocycles. The fourth-order valence-corrected chi connectivity index (χ4v) is 5.26. The van der Waals surface area contributed by atoms with Crippen LogP contribution in [0.5, 0.6) is 0 Å². The smallest absolute Gasteiger partial charge is 0.448 e. The van der Waals surface area contributed by atoms with Crippen molar-refractivity contribution in [2.75, 3.05) is 39.5 Å². The molecule has 10 heteroatoms. The summed E-state index contributed by atoms with van der Waals surface area (Å²) >= 11 is 0.